The van der Waals surface area contributed by atoms with Crippen LogP contribution in [0.1, 0.15) is 16.7 Å². The van der Waals surface area contributed by atoms with Crippen LogP contribution in [-0.4, -0.2) is 4.92 Å². The van der Waals surface area contributed by atoms with E-state index in [1.165, 1.54) is 6.07 Å². The van der Waals surface area contributed by atoms with Gasteiger partial charge in [-0.25, -0.2) is 0 Å². The number of anilines is 1. The van der Waals surface area contributed by atoms with Gasteiger partial charge in [0.25, 0.3) is 5.69 Å². The molecule has 116 valence electrons. The van der Waals surface area contributed by atoms with E-state index in [1.807, 2.05) is 31.2 Å². The highest BCUT2D eigenvalue weighted by molar-refractivity contribution is 5.55. The van der Waals surface area contributed by atoms with Crippen molar-refractivity contribution in [3.8, 4) is 0 Å². The van der Waals surface area contributed by atoms with E-state index in [2.05, 4.69) is 5.32 Å². The normalized spacial score (nSPS) is 11.3. The predicted molar refractivity (Wildman–Crippen MR) is 76.6 cm³/mol. The zero-order valence-corrected chi connectivity index (χ0v) is 11.6. The number of nitrogens with zero attached hydrogens (tertiary/aromatic N) is 1. The Kier molecular flexibility index (Phi) is 4.35. The van der Waals surface area contributed by atoms with Crippen molar-refractivity contribution in [3.05, 3.63) is 69.3 Å². The highest BCUT2D eigenvalue weighted by Crippen LogP contribution is 2.37. The van der Waals surface area contributed by atoms with Gasteiger partial charge in [0, 0.05) is 18.3 Å². The lowest BCUT2D eigenvalue weighted by Crippen LogP contribution is -2.10. The average molecular weight is 310 g/mol. The van der Waals surface area contributed by atoms with E-state index in [9.17, 15) is 23.3 Å². The van der Waals surface area contributed by atoms with E-state index in [1.54, 1.807) is 0 Å². The summed E-state index contributed by atoms with van der Waals surface area (Å²) in [6.45, 7) is 2.24. The largest absolute Gasteiger partial charge is 0.423 e. The molecule has 0 atom stereocenters. The highest BCUT2D eigenvalue weighted by atomic mass is 19.4. The Morgan fingerprint density at radius 1 is 1.18 bits per heavy atom. The van der Waals surface area contributed by atoms with E-state index in [0.29, 0.717) is 6.54 Å². The quantitative estimate of drug-likeness (QED) is 0.666. The van der Waals surface area contributed by atoms with Gasteiger partial charge in [0.15, 0.2) is 0 Å². The van der Waals surface area contributed by atoms with Crippen LogP contribution >= 0.6 is 0 Å². The lowest BCUT2D eigenvalue weighted by Gasteiger charge is -2.11. The van der Waals surface area contributed by atoms with E-state index < -0.39 is 22.4 Å². The molecule has 1 N–H and O–H groups in total. The molecule has 0 amide bonds. The van der Waals surface area contributed by atoms with Gasteiger partial charge in [0.1, 0.15) is 5.56 Å². The van der Waals surface area contributed by atoms with Crippen molar-refractivity contribution in [1.82, 2.24) is 0 Å². The molecule has 4 nitrogen and oxygen atoms in total. The number of benzene rings is 2. The van der Waals surface area contributed by atoms with Gasteiger partial charge in [-0.1, -0.05) is 29.8 Å². The molecule has 0 aliphatic rings. The van der Waals surface area contributed by atoms with Gasteiger partial charge >= 0.3 is 6.18 Å². The molecule has 2 aromatic rings. The van der Waals surface area contributed by atoms with Gasteiger partial charge in [-0.05, 0) is 24.6 Å². The van der Waals surface area contributed by atoms with Gasteiger partial charge in [0.05, 0.1) is 4.92 Å². The van der Waals surface area contributed by atoms with Crippen LogP contribution in [0.2, 0.25) is 0 Å². The summed E-state index contributed by atoms with van der Waals surface area (Å²) in [6.07, 6.45) is -4.77. The molecule has 2 rings (SSSR count). The molecule has 0 saturated carbocycles. The Morgan fingerprint density at radius 3 is 2.50 bits per heavy atom. The topological polar surface area (TPSA) is 55.2 Å². The second kappa shape index (κ2) is 6.05. The first-order valence-corrected chi connectivity index (χ1v) is 6.42. The third-order valence-corrected chi connectivity index (χ3v) is 3.08. The van der Waals surface area contributed by atoms with Crippen molar-refractivity contribution in [2.75, 3.05) is 5.32 Å². The fourth-order valence-electron chi connectivity index (χ4n) is 2.06. The second-order valence-corrected chi connectivity index (χ2v) is 4.83. The lowest BCUT2D eigenvalue weighted by atomic mass is 10.1. The smallest absolute Gasteiger partial charge is 0.381 e. The zero-order chi connectivity index (χ0) is 16.3. The maximum Gasteiger partial charge on any atom is 0.423 e. The van der Waals surface area contributed by atoms with E-state index in [0.717, 1.165) is 23.3 Å². The lowest BCUT2D eigenvalue weighted by molar-refractivity contribution is -0.388. The van der Waals surface area contributed by atoms with E-state index in [4.69, 9.17) is 0 Å². The monoisotopic (exact) mass is 310 g/mol. The minimum Gasteiger partial charge on any atom is -0.381 e. The van der Waals surface area contributed by atoms with Crippen LogP contribution in [0.5, 0.6) is 0 Å². The molecule has 0 aliphatic carbocycles. The number of nitro benzene ring substituents is 1. The standard InChI is InChI=1S/C15H13F3N2O2/c1-10-3-2-4-11(7-10)9-19-12-5-6-14(20(21)22)13(8-12)15(16,17)18/h2-8,19H,9H2,1H3. The summed E-state index contributed by atoms with van der Waals surface area (Å²) in [4.78, 5) is 9.65. The average Bonchev–Trinajstić information content (AvgIpc) is 2.44. The minimum atomic E-state index is -4.77. The fourth-order valence-corrected chi connectivity index (χ4v) is 2.06. The first kappa shape index (κ1) is 15.8. The molecular formula is C15H13F3N2O2. The van der Waals surface area contributed by atoms with Crippen molar-refractivity contribution < 1.29 is 18.1 Å². The Bertz CT molecular complexity index is 699. The number of aryl methyl sites for hydroxylation is 1. The molecule has 0 spiro atoms. The highest BCUT2D eigenvalue weighted by Gasteiger charge is 2.38. The summed E-state index contributed by atoms with van der Waals surface area (Å²) >= 11 is 0. The molecule has 0 radical (unpaired) electrons. The van der Waals surface area contributed by atoms with Crippen LogP contribution in [-0.2, 0) is 12.7 Å². The molecule has 0 bridgehead atoms. The molecule has 22 heavy (non-hydrogen) atoms. The number of hydrogen-bond acceptors (Lipinski definition) is 3. The van der Waals surface area contributed by atoms with Crippen LogP contribution in [0.3, 0.4) is 0 Å². The van der Waals surface area contributed by atoms with Crippen LogP contribution in [0.25, 0.3) is 0 Å². The molecule has 0 aliphatic heterocycles. The predicted octanol–water partition coefficient (Wildman–Crippen LogP) is 4.53. The summed E-state index contributed by atoms with van der Waals surface area (Å²) in [5, 5.41) is 13.5. The van der Waals surface area contributed by atoms with Crippen LogP contribution in [0.15, 0.2) is 42.5 Å². The van der Waals surface area contributed by atoms with Crippen LogP contribution in [0.4, 0.5) is 24.5 Å². The van der Waals surface area contributed by atoms with E-state index >= 15 is 0 Å². The summed E-state index contributed by atoms with van der Waals surface area (Å²) in [5.74, 6) is 0. The number of rotatable bonds is 4. The number of nitro groups is 1. The summed E-state index contributed by atoms with van der Waals surface area (Å²) in [6, 6.07) is 10.4. The zero-order valence-electron chi connectivity index (χ0n) is 11.6. The van der Waals surface area contributed by atoms with Crippen molar-refractivity contribution in [2.45, 2.75) is 19.6 Å². The molecular weight excluding hydrogens is 297 g/mol. The number of hydrogen-bond donors (Lipinski definition) is 1. The van der Waals surface area contributed by atoms with Gasteiger partial charge in [0.2, 0.25) is 0 Å². The first-order chi connectivity index (χ1) is 10.3. The summed E-state index contributed by atoms with van der Waals surface area (Å²) in [7, 11) is 0. The Labute approximate surface area is 124 Å². The third kappa shape index (κ3) is 3.75. The number of halogens is 3. The number of alkyl halides is 3. The summed E-state index contributed by atoms with van der Waals surface area (Å²) < 4.78 is 38.6. The summed E-state index contributed by atoms with van der Waals surface area (Å²) in [5.41, 5.74) is -0.0781. The van der Waals surface area contributed by atoms with Gasteiger partial charge in [-0.15, -0.1) is 0 Å². The van der Waals surface area contributed by atoms with Crippen molar-refractivity contribution in [1.29, 1.82) is 0 Å². The van der Waals surface area contributed by atoms with Crippen LogP contribution < -0.4 is 5.32 Å². The molecule has 0 fully saturated rings. The van der Waals surface area contributed by atoms with Gasteiger partial charge in [-0.2, -0.15) is 13.2 Å². The molecule has 0 saturated heterocycles. The Balaban J connectivity index is 2.24. The molecule has 0 unspecified atom stereocenters. The number of nitrogens with one attached hydrogen (secondary N) is 1. The third-order valence-electron chi connectivity index (χ3n) is 3.08. The fraction of sp³-hybridized carbons (Fsp3) is 0.200. The maximum absolute atomic E-state index is 12.9. The first-order valence-electron chi connectivity index (χ1n) is 6.42. The van der Waals surface area contributed by atoms with Crippen molar-refractivity contribution in [2.24, 2.45) is 0 Å². The van der Waals surface area contributed by atoms with Crippen molar-refractivity contribution in [3.63, 3.8) is 0 Å². The molecule has 7 heteroatoms. The SMILES string of the molecule is Cc1cccc(CNc2ccc([N+](=O)[O-])c(C(F)(F)F)c2)c1. The maximum atomic E-state index is 12.9. The van der Waals surface area contributed by atoms with Gasteiger partial charge in [-0.3, -0.25) is 10.1 Å². The van der Waals surface area contributed by atoms with Crippen LogP contribution in [0, 0.1) is 17.0 Å². The Hall–Kier alpha value is -2.57. The molecule has 2 aromatic carbocycles. The van der Waals surface area contributed by atoms with E-state index in [-0.39, 0.29) is 5.69 Å². The molecule has 0 aromatic heterocycles. The minimum absolute atomic E-state index is 0.180. The second-order valence-electron chi connectivity index (χ2n) is 4.83. The van der Waals surface area contributed by atoms with Gasteiger partial charge < -0.3 is 5.32 Å². The van der Waals surface area contributed by atoms with Crippen molar-refractivity contribution >= 4 is 11.4 Å². The Morgan fingerprint density at radius 2 is 1.91 bits per heavy atom. The molecule has 0 heterocycles.